The summed E-state index contributed by atoms with van der Waals surface area (Å²) in [7, 11) is 0. The van der Waals surface area contributed by atoms with Gasteiger partial charge in [-0.25, -0.2) is 0 Å². The van der Waals surface area contributed by atoms with Crippen LogP contribution in [0.1, 0.15) is 65.3 Å². The van der Waals surface area contributed by atoms with Gasteiger partial charge in [0.2, 0.25) is 0 Å². The molecule has 314 valence electrons. The molecular weight excluding hydrogens is 797 g/mol. The number of rotatable bonds is 7. The SMILES string of the molecule is CCC1=CC2=C(CC1)C1(c3ccccc32)c2ccccc2-c2ccc(N(c3ccc(C4=Cc5c(n(-c6ccccc6)c6ccccc56)CC=C4)cc3)c3ccc(-c4ccccc4)cc3)cc21. The summed E-state index contributed by atoms with van der Waals surface area (Å²) < 4.78 is 2.44. The zero-order chi connectivity index (χ0) is 43.8. The number of para-hydroxylation sites is 2. The van der Waals surface area contributed by atoms with E-state index in [0.29, 0.717) is 0 Å². The van der Waals surface area contributed by atoms with Crippen molar-refractivity contribution in [2.24, 2.45) is 0 Å². The van der Waals surface area contributed by atoms with E-state index >= 15 is 0 Å². The average Bonchev–Trinajstić information content (AvgIpc) is 3.90. The molecule has 0 radical (unpaired) electrons. The lowest BCUT2D eigenvalue weighted by molar-refractivity contribution is 0.700. The van der Waals surface area contributed by atoms with Crippen molar-refractivity contribution in [3.63, 3.8) is 0 Å². The van der Waals surface area contributed by atoms with Crippen LogP contribution >= 0.6 is 0 Å². The van der Waals surface area contributed by atoms with Crippen LogP contribution in [-0.2, 0) is 11.8 Å². The van der Waals surface area contributed by atoms with Crippen LogP contribution in [0.25, 0.3) is 56.1 Å². The minimum absolute atomic E-state index is 0.350. The van der Waals surface area contributed by atoms with E-state index in [1.54, 1.807) is 11.1 Å². The number of anilines is 3. The molecular formula is C64H48N2. The average molecular weight is 845 g/mol. The Kier molecular flexibility index (Phi) is 8.96. The number of aromatic nitrogens is 1. The molecule has 1 spiro atoms. The van der Waals surface area contributed by atoms with Crippen LogP contribution in [0, 0.1) is 0 Å². The third-order valence-corrected chi connectivity index (χ3v) is 14.8. The fourth-order valence-corrected chi connectivity index (χ4v) is 11.8. The van der Waals surface area contributed by atoms with Crippen LogP contribution in [-0.4, -0.2) is 4.57 Å². The van der Waals surface area contributed by atoms with Gasteiger partial charge in [0.05, 0.1) is 10.9 Å². The Hall–Kier alpha value is -7.94. The topological polar surface area (TPSA) is 8.17 Å². The molecule has 1 heterocycles. The van der Waals surface area contributed by atoms with Crippen LogP contribution in [0.5, 0.6) is 0 Å². The molecule has 13 rings (SSSR count). The Balaban J connectivity index is 0.963. The van der Waals surface area contributed by atoms with Crippen molar-refractivity contribution in [1.82, 2.24) is 4.57 Å². The van der Waals surface area contributed by atoms with E-state index in [1.165, 1.54) is 89.1 Å². The molecule has 1 unspecified atom stereocenters. The van der Waals surface area contributed by atoms with E-state index in [0.717, 1.165) is 42.7 Å². The van der Waals surface area contributed by atoms with Gasteiger partial charge in [-0.05, 0) is 147 Å². The molecule has 9 aromatic rings. The molecule has 2 nitrogen and oxygen atoms in total. The Morgan fingerprint density at radius 3 is 1.88 bits per heavy atom. The van der Waals surface area contributed by atoms with Crippen molar-refractivity contribution in [3.8, 4) is 27.9 Å². The summed E-state index contributed by atoms with van der Waals surface area (Å²) in [5, 5.41) is 1.28. The number of benzene rings is 8. The number of hydrogen-bond acceptors (Lipinski definition) is 1. The van der Waals surface area contributed by atoms with Gasteiger partial charge >= 0.3 is 0 Å². The Bertz CT molecular complexity index is 3510. The molecule has 8 aromatic carbocycles. The van der Waals surface area contributed by atoms with Crippen molar-refractivity contribution in [1.29, 1.82) is 0 Å². The number of allylic oxidation sites excluding steroid dienone is 7. The van der Waals surface area contributed by atoms with Gasteiger partial charge in [0.1, 0.15) is 0 Å². The van der Waals surface area contributed by atoms with Crippen molar-refractivity contribution in [2.45, 2.75) is 38.0 Å². The number of hydrogen-bond donors (Lipinski definition) is 0. The van der Waals surface area contributed by atoms with Crippen molar-refractivity contribution >= 4 is 45.2 Å². The van der Waals surface area contributed by atoms with Crippen LogP contribution < -0.4 is 4.90 Å². The zero-order valence-electron chi connectivity index (χ0n) is 37.1. The van der Waals surface area contributed by atoms with Crippen molar-refractivity contribution in [2.75, 3.05) is 4.90 Å². The summed E-state index contributed by atoms with van der Waals surface area (Å²) in [5.41, 5.74) is 25.7. The predicted molar refractivity (Wildman–Crippen MR) is 277 cm³/mol. The smallest absolute Gasteiger partial charge is 0.0689 e. The highest BCUT2D eigenvalue weighted by Gasteiger charge is 2.53. The van der Waals surface area contributed by atoms with Gasteiger partial charge in [-0.3, -0.25) is 0 Å². The van der Waals surface area contributed by atoms with Gasteiger partial charge in [-0.1, -0.05) is 176 Å². The highest BCUT2D eigenvalue weighted by Crippen LogP contribution is 2.64. The molecule has 0 saturated heterocycles. The first-order chi connectivity index (χ1) is 32.7. The number of nitrogens with zero attached hydrogens (tertiary/aromatic N) is 2. The maximum atomic E-state index is 2.53. The Labute approximate surface area is 387 Å². The summed E-state index contributed by atoms with van der Waals surface area (Å²) in [5.74, 6) is 0. The van der Waals surface area contributed by atoms with Gasteiger partial charge in [0.25, 0.3) is 0 Å². The molecule has 0 saturated carbocycles. The lowest BCUT2D eigenvalue weighted by Gasteiger charge is -2.35. The molecule has 4 aliphatic carbocycles. The standard InChI is InChI=1S/C64H48N2/c1-2-43-28-39-60-56(40-43)53-22-10-13-25-59(53)64(60)58-24-12-9-21-52(58)54-38-37-51(42-61(54)64)65(49-33-29-45(30-34-49)44-16-5-3-6-17-44)50-35-31-46(32-36-50)47-18-15-27-63-57(41-47)55-23-11-14-26-62(55)66(63)48-19-7-4-8-20-48/h3-26,29-38,40-42H,2,27-28,39H2,1H3. The first kappa shape index (κ1) is 38.5. The van der Waals surface area contributed by atoms with E-state index in [-0.39, 0.29) is 5.41 Å². The van der Waals surface area contributed by atoms with Crippen LogP contribution in [0.3, 0.4) is 0 Å². The third-order valence-electron chi connectivity index (χ3n) is 14.8. The van der Waals surface area contributed by atoms with Crippen LogP contribution in [0.2, 0.25) is 0 Å². The summed E-state index contributed by atoms with van der Waals surface area (Å²) in [6, 6.07) is 74.4. The van der Waals surface area contributed by atoms with Crippen LogP contribution in [0.15, 0.2) is 230 Å². The monoisotopic (exact) mass is 844 g/mol. The molecule has 4 aliphatic rings. The first-order valence-corrected chi connectivity index (χ1v) is 23.6. The largest absolute Gasteiger partial charge is 0.313 e. The predicted octanol–water partition coefficient (Wildman–Crippen LogP) is 16.6. The maximum Gasteiger partial charge on any atom is 0.0689 e. The lowest BCUT2D eigenvalue weighted by Crippen LogP contribution is -2.28. The van der Waals surface area contributed by atoms with E-state index < -0.39 is 0 Å². The second-order valence-electron chi connectivity index (χ2n) is 18.2. The van der Waals surface area contributed by atoms with Crippen molar-refractivity contribution in [3.05, 3.63) is 269 Å². The summed E-state index contributed by atoms with van der Waals surface area (Å²) in [6.07, 6.45) is 13.7. The Morgan fingerprint density at radius 1 is 0.515 bits per heavy atom. The fraction of sp³-hybridized carbons (Fsp3) is 0.0938. The maximum absolute atomic E-state index is 2.53. The molecule has 0 bridgehead atoms. The van der Waals surface area contributed by atoms with Gasteiger partial charge in [-0.15, -0.1) is 0 Å². The first-order valence-electron chi connectivity index (χ1n) is 23.6. The molecule has 0 N–H and O–H groups in total. The van der Waals surface area contributed by atoms with Crippen molar-refractivity contribution < 1.29 is 0 Å². The van der Waals surface area contributed by atoms with Gasteiger partial charge < -0.3 is 9.47 Å². The van der Waals surface area contributed by atoms with E-state index in [1.807, 2.05) is 0 Å². The van der Waals surface area contributed by atoms with Gasteiger partial charge in [0.15, 0.2) is 0 Å². The highest BCUT2D eigenvalue weighted by atomic mass is 15.1. The summed E-state index contributed by atoms with van der Waals surface area (Å²) in [4.78, 5) is 2.46. The molecule has 66 heavy (non-hydrogen) atoms. The second-order valence-corrected chi connectivity index (χ2v) is 18.2. The molecule has 2 heteroatoms. The molecule has 1 aromatic heterocycles. The van der Waals surface area contributed by atoms with E-state index in [2.05, 4.69) is 241 Å². The van der Waals surface area contributed by atoms with Crippen LogP contribution in [0.4, 0.5) is 17.1 Å². The second kappa shape index (κ2) is 15.4. The highest BCUT2D eigenvalue weighted by molar-refractivity contribution is 6.01. The molecule has 0 aliphatic heterocycles. The quantitative estimate of drug-likeness (QED) is 0.155. The summed E-state index contributed by atoms with van der Waals surface area (Å²) >= 11 is 0. The van der Waals surface area contributed by atoms with Gasteiger partial charge in [0, 0.05) is 45.8 Å². The third kappa shape index (κ3) is 5.81. The fourth-order valence-electron chi connectivity index (χ4n) is 11.8. The molecule has 0 fully saturated rings. The van der Waals surface area contributed by atoms with E-state index in [9.17, 15) is 0 Å². The zero-order valence-corrected chi connectivity index (χ0v) is 37.1. The van der Waals surface area contributed by atoms with Gasteiger partial charge in [-0.2, -0.15) is 0 Å². The minimum atomic E-state index is -0.350. The lowest BCUT2D eigenvalue weighted by atomic mass is 9.67. The summed E-state index contributed by atoms with van der Waals surface area (Å²) in [6.45, 7) is 2.31. The molecule has 0 amide bonds. The normalized spacial score (nSPS) is 16.6. The molecule has 1 atom stereocenters. The van der Waals surface area contributed by atoms with E-state index in [4.69, 9.17) is 0 Å². The minimum Gasteiger partial charge on any atom is -0.313 e. The number of fused-ring (bicyclic) bond motifs is 12. The Morgan fingerprint density at radius 2 is 1.12 bits per heavy atom.